The first kappa shape index (κ1) is 12.0. The van der Waals surface area contributed by atoms with Crippen molar-refractivity contribution in [2.75, 3.05) is 33.8 Å². The van der Waals surface area contributed by atoms with Gasteiger partial charge >= 0.3 is 0 Å². The predicted octanol–water partition coefficient (Wildman–Crippen LogP) is 1.10. The van der Waals surface area contributed by atoms with Gasteiger partial charge in [0.1, 0.15) is 0 Å². The summed E-state index contributed by atoms with van der Waals surface area (Å²) in [6.45, 7) is 7.56. The number of hydrogen-bond acceptors (Lipinski definition) is 3. The summed E-state index contributed by atoms with van der Waals surface area (Å²) in [4.78, 5) is 2.22. The topological polar surface area (TPSA) is 24.5 Å². The molecule has 1 saturated heterocycles. The van der Waals surface area contributed by atoms with Crippen LogP contribution in [0, 0.1) is 0 Å². The predicted molar refractivity (Wildman–Crippen MR) is 59.6 cm³/mol. The highest BCUT2D eigenvalue weighted by molar-refractivity contribution is 4.93. The summed E-state index contributed by atoms with van der Waals surface area (Å²) < 4.78 is 5.57. The summed E-state index contributed by atoms with van der Waals surface area (Å²) in [5.74, 6) is 0. The van der Waals surface area contributed by atoms with E-state index in [1.165, 1.54) is 6.42 Å². The number of rotatable bonds is 5. The molecule has 84 valence electrons. The third-order valence-corrected chi connectivity index (χ3v) is 3.20. The van der Waals surface area contributed by atoms with Crippen molar-refractivity contribution in [3.05, 3.63) is 0 Å². The second kappa shape index (κ2) is 5.10. The Bertz CT molecular complexity index is 173. The summed E-state index contributed by atoms with van der Waals surface area (Å²) in [7, 11) is 4.23. The molecule has 1 fully saturated rings. The fourth-order valence-electron chi connectivity index (χ4n) is 1.84. The SMILES string of the molecule is CC1OCCC1(C)NCCCN(C)C. The van der Waals surface area contributed by atoms with E-state index in [9.17, 15) is 0 Å². The van der Waals surface area contributed by atoms with Crippen molar-refractivity contribution in [1.29, 1.82) is 0 Å². The van der Waals surface area contributed by atoms with E-state index < -0.39 is 0 Å². The molecule has 0 spiro atoms. The molecular formula is C11H24N2O. The van der Waals surface area contributed by atoms with E-state index in [-0.39, 0.29) is 5.54 Å². The van der Waals surface area contributed by atoms with Gasteiger partial charge in [-0.2, -0.15) is 0 Å². The Morgan fingerprint density at radius 3 is 2.71 bits per heavy atom. The van der Waals surface area contributed by atoms with Crippen LogP contribution in [0.2, 0.25) is 0 Å². The van der Waals surface area contributed by atoms with Crippen molar-refractivity contribution in [2.45, 2.75) is 38.3 Å². The van der Waals surface area contributed by atoms with E-state index in [1.54, 1.807) is 0 Å². The second-order valence-corrected chi connectivity index (χ2v) is 4.76. The molecule has 0 saturated carbocycles. The van der Waals surface area contributed by atoms with Gasteiger partial charge in [-0.25, -0.2) is 0 Å². The zero-order chi connectivity index (χ0) is 10.6. The fraction of sp³-hybridized carbons (Fsp3) is 1.00. The summed E-state index contributed by atoms with van der Waals surface area (Å²) >= 11 is 0. The zero-order valence-corrected chi connectivity index (χ0v) is 9.97. The lowest BCUT2D eigenvalue weighted by molar-refractivity contribution is 0.0885. The standard InChI is InChI=1S/C11H24N2O/c1-10-11(2,6-9-14-10)12-7-5-8-13(3)4/h10,12H,5-9H2,1-4H3. The lowest BCUT2D eigenvalue weighted by Crippen LogP contribution is -2.48. The molecule has 1 rings (SSSR count). The molecule has 2 atom stereocenters. The Hall–Kier alpha value is -0.120. The van der Waals surface area contributed by atoms with Crippen molar-refractivity contribution in [3.63, 3.8) is 0 Å². The van der Waals surface area contributed by atoms with E-state index >= 15 is 0 Å². The molecule has 3 heteroatoms. The van der Waals surface area contributed by atoms with Crippen molar-refractivity contribution in [1.82, 2.24) is 10.2 Å². The van der Waals surface area contributed by atoms with Crippen LogP contribution >= 0.6 is 0 Å². The van der Waals surface area contributed by atoms with E-state index in [4.69, 9.17) is 4.74 Å². The Kier molecular flexibility index (Phi) is 4.35. The maximum Gasteiger partial charge on any atom is 0.0726 e. The highest BCUT2D eigenvalue weighted by atomic mass is 16.5. The number of nitrogens with zero attached hydrogens (tertiary/aromatic N) is 1. The highest BCUT2D eigenvalue weighted by Gasteiger charge is 2.35. The van der Waals surface area contributed by atoms with Crippen LogP contribution in [0.4, 0.5) is 0 Å². The van der Waals surface area contributed by atoms with Crippen LogP contribution in [-0.2, 0) is 4.74 Å². The van der Waals surface area contributed by atoms with E-state index in [1.807, 2.05) is 0 Å². The first-order valence-electron chi connectivity index (χ1n) is 5.56. The van der Waals surface area contributed by atoms with Crippen LogP contribution < -0.4 is 5.32 Å². The third-order valence-electron chi connectivity index (χ3n) is 3.20. The molecule has 1 N–H and O–H groups in total. The average Bonchev–Trinajstić information content (AvgIpc) is 2.42. The molecule has 1 aliphatic heterocycles. The molecule has 0 aromatic rings. The van der Waals surface area contributed by atoms with Crippen LogP contribution in [0.25, 0.3) is 0 Å². The molecule has 0 aromatic carbocycles. The zero-order valence-electron chi connectivity index (χ0n) is 9.97. The minimum atomic E-state index is 0.201. The minimum Gasteiger partial charge on any atom is -0.377 e. The van der Waals surface area contributed by atoms with Crippen LogP contribution in [0.3, 0.4) is 0 Å². The highest BCUT2D eigenvalue weighted by Crippen LogP contribution is 2.24. The molecule has 14 heavy (non-hydrogen) atoms. The Balaban J connectivity index is 2.17. The fourth-order valence-corrected chi connectivity index (χ4v) is 1.84. The van der Waals surface area contributed by atoms with Gasteiger partial charge in [-0.1, -0.05) is 0 Å². The van der Waals surface area contributed by atoms with E-state index in [0.29, 0.717) is 6.10 Å². The summed E-state index contributed by atoms with van der Waals surface area (Å²) in [5, 5.41) is 3.61. The normalized spacial score (nSPS) is 32.8. The van der Waals surface area contributed by atoms with Gasteiger partial charge in [0, 0.05) is 12.1 Å². The molecule has 3 nitrogen and oxygen atoms in total. The molecule has 0 aromatic heterocycles. The number of ether oxygens (including phenoxy) is 1. The molecule has 1 heterocycles. The first-order valence-corrected chi connectivity index (χ1v) is 5.56. The van der Waals surface area contributed by atoms with E-state index in [2.05, 4.69) is 38.2 Å². The Labute approximate surface area is 87.8 Å². The summed E-state index contributed by atoms with van der Waals surface area (Å²) in [6.07, 6.45) is 2.69. The molecule has 0 bridgehead atoms. The Morgan fingerprint density at radius 1 is 1.50 bits per heavy atom. The van der Waals surface area contributed by atoms with Gasteiger partial charge in [0.25, 0.3) is 0 Å². The van der Waals surface area contributed by atoms with Crippen molar-refractivity contribution in [3.8, 4) is 0 Å². The van der Waals surface area contributed by atoms with Gasteiger partial charge in [0.05, 0.1) is 6.10 Å². The second-order valence-electron chi connectivity index (χ2n) is 4.76. The largest absolute Gasteiger partial charge is 0.377 e. The monoisotopic (exact) mass is 200 g/mol. The van der Waals surface area contributed by atoms with Gasteiger partial charge in [0.15, 0.2) is 0 Å². The quantitative estimate of drug-likeness (QED) is 0.673. The van der Waals surface area contributed by atoms with E-state index in [0.717, 1.165) is 26.1 Å². The lowest BCUT2D eigenvalue weighted by Gasteiger charge is -2.29. The van der Waals surface area contributed by atoms with Gasteiger partial charge in [-0.15, -0.1) is 0 Å². The van der Waals surface area contributed by atoms with Crippen LogP contribution in [0.5, 0.6) is 0 Å². The number of nitrogens with one attached hydrogen (secondary N) is 1. The Morgan fingerprint density at radius 2 is 2.21 bits per heavy atom. The third kappa shape index (κ3) is 3.23. The summed E-state index contributed by atoms with van der Waals surface area (Å²) in [5.41, 5.74) is 0.201. The maximum absolute atomic E-state index is 5.57. The minimum absolute atomic E-state index is 0.201. The molecule has 1 aliphatic rings. The van der Waals surface area contributed by atoms with Crippen molar-refractivity contribution >= 4 is 0 Å². The smallest absolute Gasteiger partial charge is 0.0726 e. The molecular weight excluding hydrogens is 176 g/mol. The average molecular weight is 200 g/mol. The van der Waals surface area contributed by atoms with Crippen LogP contribution in [0.1, 0.15) is 26.7 Å². The number of hydrogen-bond donors (Lipinski definition) is 1. The van der Waals surface area contributed by atoms with Crippen molar-refractivity contribution in [2.24, 2.45) is 0 Å². The van der Waals surface area contributed by atoms with Crippen LogP contribution in [0.15, 0.2) is 0 Å². The maximum atomic E-state index is 5.57. The lowest BCUT2D eigenvalue weighted by atomic mass is 9.94. The van der Waals surface area contributed by atoms with Gasteiger partial charge < -0.3 is 15.0 Å². The van der Waals surface area contributed by atoms with Gasteiger partial charge in [-0.3, -0.25) is 0 Å². The molecule has 0 radical (unpaired) electrons. The van der Waals surface area contributed by atoms with Crippen molar-refractivity contribution < 1.29 is 4.74 Å². The van der Waals surface area contributed by atoms with Crippen LogP contribution in [-0.4, -0.2) is 50.3 Å². The molecule has 0 amide bonds. The van der Waals surface area contributed by atoms with Gasteiger partial charge in [-0.05, 0) is 53.9 Å². The van der Waals surface area contributed by atoms with Gasteiger partial charge in [0.2, 0.25) is 0 Å². The molecule has 2 unspecified atom stereocenters. The molecule has 0 aliphatic carbocycles. The first-order chi connectivity index (χ1) is 6.54. The summed E-state index contributed by atoms with van der Waals surface area (Å²) in [6, 6.07) is 0.